The molecule has 0 bridgehead atoms. The average molecular weight is 196 g/mol. The molecule has 0 spiro atoms. The normalized spacial score (nSPS) is 9.86. The topological polar surface area (TPSA) is 66.8 Å². The van der Waals surface area contributed by atoms with Crippen LogP contribution in [-0.4, -0.2) is 23.1 Å². The first-order valence-corrected chi connectivity index (χ1v) is 4.23. The average Bonchev–Trinajstić information content (AvgIpc) is 2.16. The maximum atomic E-state index is 11.3. The fourth-order valence-corrected chi connectivity index (χ4v) is 1.17. The molecule has 0 unspecified atom stereocenters. The number of Topliss-reactive ketones (excluding diaryl/α,β-unsaturated/α-hetero) is 1. The van der Waals surface area contributed by atoms with Crippen LogP contribution in [0.1, 0.15) is 23.7 Å². The van der Waals surface area contributed by atoms with Crippen LogP contribution in [0.3, 0.4) is 0 Å². The number of phenolic OH excluding ortho intramolecular Hbond substituents is 2. The van der Waals surface area contributed by atoms with Crippen molar-refractivity contribution >= 4 is 5.78 Å². The number of hydrogen-bond acceptors (Lipinski definition) is 4. The Hall–Kier alpha value is -1.71. The maximum absolute atomic E-state index is 11.3. The molecule has 0 radical (unpaired) electrons. The molecule has 1 aromatic carbocycles. The number of carbonyl (C=O) groups is 1. The van der Waals surface area contributed by atoms with E-state index in [0.29, 0.717) is 6.42 Å². The van der Waals surface area contributed by atoms with E-state index in [1.54, 1.807) is 6.92 Å². The number of rotatable bonds is 3. The first-order valence-electron chi connectivity index (χ1n) is 4.23. The minimum absolute atomic E-state index is 0.0161. The molecule has 0 saturated heterocycles. The van der Waals surface area contributed by atoms with Gasteiger partial charge in [-0.05, 0) is 12.1 Å². The Morgan fingerprint density at radius 2 is 1.86 bits per heavy atom. The molecule has 2 N–H and O–H groups in total. The fraction of sp³-hybridized carbons (Fsp3) is 0.300. The largest absolute Gasteiger partial charge is 0.504 e. The number of methoxy groups -OCH3 is 1. The Kier molecular flexibility index (Phi) is 2.96. The van der Waals surface area contributed by atoms with E-state index in [2.05, 4.69) is 0 Å². The fourth-order valence-electron chi connectivity index (χ4n) is 1.17. The molecule has 4 nitrogen and oxygen atoms in total. The Balaban J connectivity index is 3.20. The monoisotopic (exact) mass is 196 g/mol. The molecular weight excluding hydrogens is 184 g/mol. The molecule has 14 heavy (non-hydrogen) atoms. The van der Waals surface area contributed by atoms with E-state index in [-0.39, 0.29) is 28.6 Å². The van der Waals surface area contributed by atoms with Crippen LogP contribution in [-0.2, 0) is 0 Å². The van der Waals surface area contributed by atoms with Gasteiger partial charge in [0.05, 0.1) is 7.11 Å². The molecule has 0 aliphatic carbocycles. The standard InChI is InChI=1S/C10H12O4/c1-3-7(11)6-4-8(12)10(14-2)9(13)5-6/h4-5,12-13H,3H2,1-2H3. The van der Waals surface area contributed by atoms with E-state index in [1.165, 1.54) is 19.2 Å². The molecule has 0 aliphatic rings. The third-order valence-electron chi connectivity index (χ3n) is 1.90. The van der Waals surface area contributed by atoms with Crippen LogP contribution in [0.25, 0.3) is 0 Å². The summed E-state index contributed by atoms with van der Waals surface area (Å²) in [5, 5.41) is 18.8. The zero-order valence-electron chi connectivity index (χ0n) is 8.07. The van der Waals surface area contributed by atoms with Crippen LogP contribution in [0.2, 0.25) is 0 Å². The Labute approximate surface area is 81.8 Å². The summed E-state index contributed by atoms with van der Waals surface area (Å²) in [4.78, 5) is 11.3. The molecule has 1 rings (SSSR count). The number of ketones is 1. The lowest BCUT2D eigenvalue weighted by molar-refractivity contribution is 0.0987. The molecule has 0 aromatic heterocycles. The molecule has 76 valence electrons. The molecule has 0 aliphatic heterocycles. The summed E-state index contributed by atoms with van der Waals surface area (Å²) in [6.45, 7) is 1.71. The van der Waals surface area contributed by atoms with Gasteiger partial charge in [-0.2, -0.15) is 0 Å². The van der Waals surface area contributed by atoms with Gasteiger partial charge in [-0.25, -0.2) is 0 Å². The van der Waals surface area contributed by atoms with Gasteiger partial charge in [0.15, 0.2) is 17.3 Å². The van der Waals surface area contributed by atoms with Crippen LogP contribution in [0, 0.1) is 0 Å². The van der Waals surface area contributed by atoms with E-state index in [4.69, 9.17) is 4.74 Å². The third kappa shape index (κ3) is 1.79. The first-order chi connectivity index (χ1) is 6.60. The zero-order valence-corrected chi connectivity index (χ0v) is 8.07. The highest BCUT2D eigenvalue weighted by Crippen LogP contribution is 2.36. The Bertz CT molecular complexity index is 334. The van der Waals surface area contributed by atoms with Crippen LogP contribution in [0.15, 0.2) is 12.1 Å². The van der Waals surface area contributed by atoms with Gasteiger partial charge in [-0.3, -0.25) is 4.79 Å². The number of carbonyl (C=O) groups excluding carboxylic acids is 1. The van der Waals surface area contributed by atoms with Gasteiger partial charge in [0.2, 0.25) is 5.75 Å². The summed E-state index contributed by atoms with van der Waals surface area (Å²) in [7, 11) is 1.33. The second-order valence-corrected chi connectivity index (χ2v) is 2.82. The van der Waals surface area contributed by atoms with Crippen LogP contribution < -0.4 is 4.74 Å². The van der Waals surface area contributed by atoms with Crippen molar-refractivity contribution in [1.29, 1.82) is 0 Å². The maximum Gasteiger partial charge on any atom is 0.202 e. The SMILES string of the molecule is CCC(=O)c1cc(O)c(OC)c(O)c1. The van der Waals surface area contributed by atoms with E-state index >= 15 is 0 Å². The third-order valence-corrected chi connectivity index (χ3v) is 1.90. The van der Waals surface area contributed by atoms with Crippen molar-refractivity contribution in [3.8, 4) is 17.2 Å². The van der Waals surface area contributed by atoms with Crippen molar-refractivity contribution in [2.45, 2.75) is 13.3 Å². The van der Waals surface area contributed by atoms with Crippen molar-refractivity contribution < 1.29 is 19.7 Å². The second-order valence-electron chi connectivity index (χ2n) is 2.82. The number of ether oxygens (including phenoxy) is 1. The van der Waals surface area contributed by atoms with Gasteiger partial charge in [0.1, 0.15) is 0 Å². The first kappa shape index (κ1) is 10.4. The minimum Gasteiger partial charge on any atom is -0.504 e. The summed E-state index contributed by atoms with van der Waals surface area (Å²) < 4.78 is 4.73. The van der Waals surface area contributed by atoms with Crippen LogP contribution in [0.5, 0.6) is 17.2 Å². The molecule has 4 heteroatoms. The van der Waals surface area contributed by atoms with E-state index in [9.17, 15) is 15.0 Å². The molecule has 0 fully saturated rings. The Morgan fingerprint density at radius 1 is 1.36 bits per heavy atom. The number of phenols is 2. The lowest BCUT2D eigenvalue weighted by Gasteiger charge is -2.07. The molecule has 1 aromatic rings. The summed E-state index contributed by atoms with van der Waals surface area (Å²) in [5.74, 6) is -0.621. The highest BCUT2D eigenvalue weighted by molar-refractivity contribution is 5.97. The summed E-state index contributed by atoms with van der Waals surface area (Å²) in [5.41, 5.74) is 0.281. The van der Waals surface area contributed by atoms with Gasteiger partial charge in [0.25, 0.3) is 0 Å². The number of benzene rings is 1. The second kappa shape index (κ2) is 4.00. The summed E-state index contributed by atoms with van der Waals surface area (Å²) >= 11 is 0. The summed E-state index contributed by atoms with van der Waals surface area (Å²) in [6.07, 6.45) is 0.325. The van der Waals surface area contributed by atoms with Gasteiger partial charge >= 0.3 is 0 Å². The number of hydrogen-bond donors (Lipinski definition) is 2. The van der Waals surface area contributed by atoms with Crippen molar-refractivity contribution in [1.82, 2.24) is 0 Å². The van der Waals surface area contributed by atoms with Crippen molar-refractivity contribution in [2.75, 3.05) is 7.11 Å². The van der Waals surface area contributed by atoms with Gasteiger partial charge in [0, 0.05) is 12.0 Å². The van der Waals surface area contributed by atoms with E-state index in [1.807, 2.05) is 0 Å². The lowest BCUT2D eigenvalue weighted by atomic mass is 10.1. The van der Waals surface area contributed by atoms with Gasteiger partial charge in [-0.15, -0.1) is 0 Å². The smallest absolute Gasteiger partial charge is 0.202 e. The number of aromatic hydroxyl groups is 2. The highest BCUT2D eigenvalue weighted by atomic mass is 16.5. The molecule has 0 saturated carbocycles. The molecular formula is C10H12O4. The summed E-state index contributed by atoms with van der Waals surface area (Å²) in [6, 6.07) is 2.56. The zero-order chi connectivity index (χ0) is 10.7. The van der Waals surface area contributed by atoms with Crippen LogP contribution >= 0.6 is 0 Å². The molecule has 0 atom stereocenters. The Morgan fingerprint density at radius 3 is 2.21 bits per heavy atom. The minimum atomic E-state index is -0.232. The van der Waals surface area contributed by atoms with Crippen LogP contribution in [0.4, 0.5) is 0 Å². The quantitative estimate of drug-likeness (QED) is 0.722. The van der Waals surface area contributed by atoms with Crippen molar-refractivity contribution in [3.63, 3.8) is 0 Å². The highest BCUT2D eigenvalue weighted by Gasteiger charge is 2.13. The molecule has 0 heterocycles. The predicted molar refractivity (Wildman–Crippen MR) is 50.9 cm³/mol. The van der Waals surface area contributed by atoms with Crippen molar-refractivity contribution in [2.24, 2.45) is 0 Å². The van der Waals surface area contributed by atoms with E-state index < -0.39 is 0 Å². The lowest BCUT2D eigenvalue weighted by Crippen LogP contribution is -1.97. The van der Waals surface area contributed by atoms with E-state index in [0.717, 1.165) is 0 Å². The van der Waals surface area contributed by atoms with Gasteiger partial charge in [-0.1, -0.05) is 6.92 Å². The van der Waals surface area contributed by atoms with Gasteiger partial charge < -0.3 is 14.9 Å². The predicted octanol–water partition coefficient (Wildman–Crippen LogP) is 1.70. The molecule has 0 amide bonds. The van der Waals surface area contributed by atoms with Crippen molar-refractivity contribution in [3.05, 3.63) is 17.7 Å².